The third kappa shape index (κ3) is 2.63. The van der Waals surface area contributed by atoms with Crippen molar-refractivity contribution in [3.63, 3.8) is 0 Å². The number of anilines is 1. The van der Waals surface area contributed by atoms with Gasteiger partial charge in [-0.05, 0) is 31.2 Å². The Morgan fingerprint density at radius 3 is 2.74 bits per heavy atom. The summed E-state index contributed by atoms with van der Waals surface area (Å²) in [6.45, 7) is 2.64. The van der Waals surface area contributed by atoms with E-state index in [4.69, 9.17) is 5.73 Å². The van der Waals surface area contributed by atoms with Crippen LogP contribution in [0.5, 0.6) is 0 Å². The van der Waals surface area contributed by atoms with E-state index in [1.807, 2.05) is 36.6 Å². The van der Waals surface area contributed by atoms with Gasteiger partial charge in [0, 0.05) is 22.3 Å². The lowest BCUT2D eigenvalue weighted by Gasteiger charge is -1.97. The Bertz CT molecular complexity index is 683. The van der Waals surface area contributed by atoms with E-state index in [0.29, 0.717) is 12.4 Å². The molecule has 0 aliphatic carbocycles. The van der Waals surface area contributed by atoms with E-state index in [9.17, 15) is 0 Å². The van der Waals surface area contributed by atoms with E-state index in [0.717, 1.165) is 22.0 Å². The van der Waals surface area contributed by atoms with Gasteiger partial charge in [0.2, 0.25) is 0 Å². The Balaban J connectivity index is 1.81. The first-order chi connectivity index (χ1) is 9.20. The average Bonchev–Trinajstić information content (AvgIpc) is 3.00. The lowest BCUT2D eigenvalue weighted by Crippen LogP contribution is -2.00. The number of hydrogen-bond acceptors (Lipinski definition) is 5. The van der Waals surface area contributed by atoms with E-state index in [1.165, 1.54) is 0 Å². The molecule has 0 aliphatic rings. The van der Waals surface area contributed by atoms with Gasteiger partial charge in [-0.2, -0.15) is 5.10 Å². The molecule has 0 radical (unpaired) electrons. The Hall–Kier alpha value is -2.21. The molecule has 2 aromatic heterocycles. The number of rotatable bonds is 3. The summed E-state index contributed by atoms with van der Waals surface area (Å²) in [6.07, 6.45) is 1.72. The molecule has 0 atom stereocenters. The highest BCUT2D eigenvalue weighted by Gasteiger charge is 2.06. The number of benzene rings is 1. The number of hydrogen-bond donors (Lipinski definition) is 1. The van der Waals surface area contributed by atoms with Crippen LogP contribution in [-0.2, 0) is 6.54 Å². The van der Waals surface area contributed by atoms with Crippen LogP contribution in [0, 0.1) is 6.92 Å². The molecule has 0 unspecified atom stereocenters. The fraction of sp³-hybridized carbons (Fsp3) is 0.154. The molecule has 0 fully saturated rings. The minimum Gasteiger partial charge on any atom is -0.399 e. The summed E-state index contributed by atoms with van der Waals surface area (Å²) in [4.78, 5) is 8.72. The molecule has 19 heavy (non-hydrogen) atoms. The first kappa shape index (κ1) is 11.9. The molecule has 1 aromatic carbocycles. The smallest absolute Gasteiger partial charge is 0.181 e. The van der Waals surface area contributed by atoms with Crippen molar-refractivity contribution in [3.05, 3.63) is 46.7 Å². The van der Waals surface area contributed by atoms with Crippen molar-refractivity contribution in [1.82, 2.24) is 19.7 Å². The second-order valence-corrected chi connectivity index (χ2v) is 5.21. The minimum atomic E-state index is 0.653. The Morgan fingerprint density at radius 2 is 2.05 bits per heavy atom. The summed E-state index contributed by atoms with van der Waals surface area (Å²) in [5.41, 5.74) is 8.40. The summed E-state index contributed by atoms with van der Waals surface area (Å²) < 4.78 is 1.80. The number of aromatic nitrogens is 4. The molecule has 0 aliphatic heterocycles. The third-order valence-corrected chi connectivity index (χ3v) is 3.62. The SMILES string of the molecule is Cc1csc(Cn2cnc(-c3ccc(N)cc3)n2)n1. The van der Waals surface area contributed by atoms with Crippen LogP contribution in [0.15, 0.2) is 36.0 Å². The third-order valence-electron chi connectivity index (χ3n) is 2.67. The van der Waals surface area contributed by atoms with Crippen LogP contribution in [0.25, 0.3) is 11.4 Å². The molecule has 0 amide bonds. The maximum absolute atomic E-state index is 5.66. The zero-order valence-electron chi connectivity index (χ0n) is 10.4. The number of nitrogens with zero attached hydrogens (tertiary/aromatic N) is 4. The molecular formula is C13H13N5S. The number of nitrogen functional groups attached to an aromatic ring is 1. The number of aryl methyl sites for hydroxylation is 1. The van der Waals surface area contributed by atoms with Crippen molar-refractivity contribution in [2.75, 3.05) is 5.73 Å². The standard InChI is InChI=1S/C13H13N5S/c1-9-7-19-12(16-9)6-18-8-15-13(17-18)10-2-4-11(14)5-3-10/h2-5,7-8H,6,14H2,1H3. The monoisotopic (exact) mass is 271 g/mol. The highest BCUT2D eigenvalue weighted by molar-refractivity contribution is 7.09. The highest BCUT2D eigenvalue weighted by Crippen LogP contribution is 2.16. The molecule has 2 heterocycles. The van der Waals surface area contributed by atoms with Crippen molar-refractivity contribution >= 4 is 17.0 Å². The van der Waals surface area contributed by atoms with Gasteiger partial charge >= 0.3 is 0 Å². The van der Waals surface area contributed by atoms with Gasteiger partial charge in [-0.1, -0.05) is 0 Å². The maximum Gasteiger partial charge on any atom is 0.181 e. The van der Waals surface area contributed by atoms with Crippen LogP contribution in [0.4, 0.5) is 5.69 Å². The fourth-order valence-electron chi connectivity index (χ4n) is 1.75. The summed E-state index contributed by atoms with van der Waals surface area (Å²) in [5, 5.41) is 7.51. The van der Waals surface area contributed by atoms with Crippen molar-refractivity contribution in [2.45, 2.75) is 13.5 Å². The second kappa shape index (κ2) is 4.81. The van der Waals surface area contributed by atoms with E-state index in [-0.39, 0.29) is 0 Å². The molecule has 0 saturated heterocycles. The highest BCUT2D eigenvalue weighted by atomic mass is 32.1. The molecular weight excluding hydrogens is 258 g/mol. The summed E-state index contributed by atoms with van der Waals surface area (Å²) in [6, 6.07) is 7.53. The van der Waals surface area contributed by atoms with Gasteiger partial charge in [0.15, 0.2) is 5.82 Å². The van der Waals surface area contributed by atoms with Gasteiger partial charge in [0.05, 0.1) is 6.54 Å². The van der Waals surface area contributed by atoms with Gasteiger partial charge in [-0.3, -0.25) is 0 Å². The quantitative estimate of drug-likeness (QED) is 0.742. The van der Waals surface area contributed by atoms with Crippen molar-refractivity contribution in [1.29, 1.82) is 0 Å². The van der Waals surface area contributed by atoms with Crippen molar-refractivity contribution in [2.24, 2.45) is 0 Å². The molecule has 0 spiro atoms. The van der Waals surface area contributed by atoms with Gasteiger partial charge in [0.25, 0.3) is 0 Å². The Kier molecular flexibility index (Phi) is 3.00. The van der Waals surface area contributed by atoms with E-state index < -0.39 is 0 Å². The van der Waals surface area contributed by atoms with Crippen LogP contribution in [0.1, 0.15) is 10.7 Å². The van der Waals surface area contributed by atoms with Crippen molar-refractivity contribution in [3.8, 4) is 11.4 Å². The normalized spacial score (nSPS) is 10.8. The minimum absolute atomic E-state index is 0.653. The second-order valence-electron chi connectivity index (χ2n) is 4.27. The lowest BCUT2D eigenvalue weighted by atomic mass is 10.2. The maximum atomic E-state index is 5.66. The van der Waals surface area contributed by atoms with Crippen LogP contribution < -0.4 is 5.73 Å². The molecule has 3 aromatic rings. The Morgan fingerprint density at radius 1 is 1.26 bits per heavy atom. The summed E-state index contributed by atoms with van der Waals surface area (Å²) in [7, 11) is 0. The van der Waals surface area contributed by atoms with Crippen LogP contribution in [-0.4, -0.2) is 19.7 Å². The predicted octanol–water partition coefficient (Wildman–Crippen LogP) is 2.34. The largest absolute Gasteiger partial charge is 0.399 e. The van der Waals surface area contributed by atoms with E-state index in [1.54, 1.807) is 22.3 Å². The van der Waals surface area contributed by atoms with E-state index in [2.05, 4.69) is 15.1 Å². The first-order valence-electron chi connectivity index (χ1n) is 5.87. The molecule has 0 saturated carbocycles. The molecule has 3 rings (SSSR count). The van der Waals surface area contributed by atoms with Crippen molar-refractivity contribution < 1.29 is 0 Å². The average molecular weight is 271 g/mol. The molecule has 0 bridgehead atoms. The van der Waals surface area contributed by atoms with E-state index >= 15 is 0 Å². The lowest BCUT2D eigenvalue weighted by molar-refractivity contribution is 0.682. The zero-order chi connectivity index (χ0) is 13.2. The zero-order valence-corrected chi connectivity index (χ0v) is 11.3. The summed E-state index contributed by atoms with van der Waals surface area (Å²) >= 11 is 1.64. The number of nitrogens with two attached hydrogens (primary N) is 1. The molecule has 6 heteroatoms. The topological polar surface area (TPSA) is 69.6 Å². The van der Waals surface area contributed by atoms with Crippen LogP contribution in [0.2, 0.25) is 0 Å². The molecule has 5 nitrogen and oxygen atoms in total. The van der Waals surface area contributed by atoms with Gasteiger partial charge in [-0.25, -0.2) is 14.6 Å². The van der Waals surface area contributed by atoms with Gasteiger partial charge in [0.1, 0.15) is 11.3 Å². The van der Waals surface area contributed by atoms with Crippen LogP contribution >= 0.6 is 11.3 Å². The van der Waals surface area contributed by atoms with Gasteiger partial charge < -0.3 is 5.73 Å². The number of thiazole rings is 1. The molecule has 2 N–H and O–H groups in total. The summed E-state index contributed by atoms with van der Waals surface area (Å²) in [5.74, 6) is 0.702. The first-order valence-corrected chi connectivity index (χ1v) is 6.75. The Labute approximate surface area is 114 Å². The fourth-order valence-corrected chi connectivity index (χ4v) is 2.51. The van der Waals surface area contributed by atoms with Gasteiger partial charge in [-0.15, -0.1) is 11.3 Å². The molecule has 96 valence electrons. The predicted molar refractivity (Wildman–Crippen MR) is 75.8 cm³/mol. The van der Waals surface area contributed by atoms with Crippen LogP contribution in [0.3, 0.4) is 0 Å².